The smallest absolute Gasteiger partial charge is 0.0867 e. The molecule has 9 heavy (non-hydrogen) atoms. The van der Waals surface area contributed by atoms with Gasteiger partial charge in [0.15, 0.2) is 0 Å². The first-order valence-corrected chi connectivity index (χ1v) is 2.96. The van der Waals surface area contributed by atoms with Gasteiger partial charge in [-0.1, -0.05) is 0 Å². The Bertz CT molecular complexity index is 122. The molecule has 0 spiro atoms. The van der Waals surface area contributed by atoms with Crippen molar-refractivity contribution in [1.82, 2.24) is 0 Å². The first-order chi connectivity index (χ1) is 4.12. The SMILES string of the molecule is CC(C)(CCN)N=C=N. The van der Waals surface area contributed by atoms with Crippen LogP contribution in [0.2, 0.25) is 0 Å². The summed E-state index contributed by atoms with van der Waals surface area (Å²) in [5, 5.41) is 6.58. The number of nitrogens with two attached hydrogens (primary N) is 1. The summed E-state index contributed by atoms with van der Waals surface area (Å²) in [4.78, 5) is 3.78. The van der Waals surface area contributed by atoms with E-state index in [2.05, 4.69) is 4.99 Å². The number of rotatable bonds is 3. The third-order valence-corrected chi connectivity index (χ3v) is 1.11. The molecule has 0 aromatic heterocycles. The van der Waals surface area contributed by atoms with Gasteiger partial charge >= 0.3 is 0 Å². The summed E-state index contributed by atoms with van der Waals surface area (Å²) >= 11 is 0. The van der Waals surface area contributed by atoms with E-state index in [1.807, 2.05) is 19.9 Å². The second-order valence-electron chi connectivity index (χ2n) is 2.57. The van der Waals surface area contributed by atoms with Crippen molar-refractivity contribution in [1.29, 1.82) is 5.41 Å². The highest BCUT2D eigenvalue weighted by atomic mass is 14.8. The van der Waals surface area contributed by atoms with Gasteiger partial charge in [-0.05, 0) is 26.8 Å². The van der Waals surface area contributed by atoms with Crippen LogP contribution in [-0.4, -0.2) is 18.1 Å². The molecule has 0 saturated carbocycles. The van der Waals surface area contributed by atoms with Gasteiger partial charge < -0.3 is 5.73 Å². The Morgan fingerprint density at radius 1 is 1.67 bits per heavy atom. The predicted octanol–water partition coefficient (Wildman–Crippen LogP) is 0.866. The lowest BCUT2D eigenvalue weighted by Gasteiger charge is -2.14. The number of nitrogens with zero attached hydrogens (tertiary/aromatic N) is 1. The topological polar surface area (TPSA) is 62.2 Å². The zero-order valence-electron chi connectivity index (χ0n) is 5.94. The molecular weight excluding hydrogens is 114 g/mol. The van der Waals surface area contributed by atoms with Crippen molar-refractivity contribution in [2.45, 2.75) is 25.8 Å². The first-order valence-electron chi connectivity index (χ1n) is 2.96. The van der Waals surface area contributed by atoms with Crippen LogP contribution in [0.3, 0.4) is 0 Å². The maximum absolute atomic E-state index is 6.58. The minimum Gasteiger partial charge on any atom is -0.330 e. The second-order valence-corrected chi connectivity index (χ2v) is 2.57. The van der Waals surface area contributed by atoms with Crippen LogP contribution in [0.4, 0.5) is 0 Å². The molecule has 3 heteroatoms. The van der Waals surface area contributed by atoms with Crippen LogP contribution >= 0.6 is 0 Å². The van der Waals surface area contributed by atoms with Gasteiger partial charge in [0.25, 0.3) is 0 Å². The molecule has 0 fully saturated rings. The van der Waals surface area contributed by atoms with Crippen LogP contribution < -0.4 is 5.73 Å². The van der Waals surface area contributed by atoms with E-state index < -0.39 is 0 Å². The minimum absolute atomic E-state index is 0.198. The van der Waals surface area contributed by atoms with Gasteiger partial charge in [0.05, 0.1) is 11.5 Å². The molecule has 3 nitrogen and oxygen atoms in total. The number of hydrogen-bond acceptors (Lipinski definition) is 3. The van der Waals surface area contributed by atoms with E-state index in [-0.39, 0.29) is 5.54 Å². The maximum Gasteiger partial charge on any atom is 0.0867 e. The summed E-state index contributed by atoms with van der Waals surface area (Å²) in [6, 6.07) is 2.01. The molecule has 3 N–H and O–H groups in total. The Hall–Kier alpha value is -0.660. The maximum atomic E-state index is 6.58. The predicted molar refractivity (Wildman–Crippen MR) is 37.9 cm³/mol. The van der Waals surface area contributed by atoms with E-state index in [1.165, 1.54) is 0 Å². The largest absolute Gasteiger partial charge is 0.330 e. The summed E-state index contributed by atoms with van der Waals surface area (Å²) in [5.41, 5.74) is 5.10. The van der Waals surface area contributed by atoms with Crippen molar-refractivity contribution in [2.24, 2.45) is 10.7 Å². The molecule has 0 aromatic rings. The highest BCUT2D eigenvalue weighted by Gasteiger charge is 2.12. The van der Waals surface area contributed by atoms with Gasteiger partial charge in [0.1, 0.15) is 0 Å². The Morgan fingerprint density at radius 2 is 2.22 bits per heavy atom. The normalized spacial score (nSPS) is 10.6. The highest BCUT2D eigenvalue weighted by Crippen LogP contribution is 2.10. The van der Waals surface area contributed by atoms with Gasteiger partial charge in [0.2, 0.25) is 0 Å². The zero-order valence-corrected chi connectivity index (χ0v) is 5.94. The zero-order chi connectivity index (χ0) is 7.33. The van der Waals surface area contributed by atoms with Gasteiger partial charge in [-0.25, -0.2) is 10.4 Å². The molecule has 0 aliphatic heterocycles. The van der Waals surface area contributed by atoms with Crippen LogP contribution in [0.25, 0.3) is 0 Å². The molecule has 52 valence electrons. The third-order valence-electron chi connectivity index (χ3n) is 1.11. The monoisotopic (exact) mass is 127 g/mol. The number of hydrogen-bond donors (Lipinski definition) is 2. The van der Waals surface area contributed by atoms with Crippen LogP contribution in [0.1, 0.15) is 20.3 Å². The Balaban J connectivity index is 3.85. The summed E-state index contributed by atoms with van der Waals surface area (Å²) in [7, 11) is 0. The molecule has 0 radical (unpaired) electrons. The lowest BCUT2D eigenvalue weighted by atomic mass is 10.0. The van der Waals surface area contributed by atoms with E-state index >= 15 is 0 Å². The van der Waals surface area contributed by atoms with Crippen LogP contribution in [0.15, 0.2) is 4.99 Å². The molecule has 0 aliphatic rings. The van der Waals surface area contributed by atoms with Crippen molar-refractivity contribution in [3.8, 4) is 0 Å². The lowest BCUT2D eigenvalue weighted by Crippen LogP contribution is -2.20. The summed E-state index contributed by atoms with van der Waals surface area (Å²) in [6.45, 7) is 4.47. The standard InChI is InChI=1S/C6H13N3/c1-6(2,3-4-7)9-5-8/h8H,3-4,7H2,1-2H3. The number of aliphatic imine (C=N–C) groups is 1. The Morgan fingerprint density at radius 3 is 2.56 bits per heavy atom. The molecule has 0 bridgehead atoms. The Labute approximate surface area is 55.5 Å². The molecule has 0 heterocycles. The molecule has 0 rings (SSSR count). The average Bonchev–Trinajstić information content (AvgIpc) is 1.64. The minimum atomic E-state index is -0.198. The third kappa shape index (κ3) is 3.88. The van der Waals surface area contributed by atoms with Gasteiger partial charge in [-0.3, -0.25) is 0 Å². The quantitative estimate of drug-likeness (QED) is 0.543. The second kappa shape index (κ2) is 3.38. The molecule has 0 aromatic carbocycles. The van der Waals surface area contributed by atoms with Crippen LogP contribution in [0, 0.1) is 5.41 Å². The summed E-state index contributed by atoms with van der Waals surface area (Å²) < 4.78 is 0. The van der Waals surface area contributed by atoms with Gasteiger partial charge in [-0.2, -0.15) is 0 Å². The van der Waals surface area contributed by atoms with E-state index in [0.717, 1.165) is 6.42 Å². The fourth-order valence-electron chi connectivity index (χ4n) is 0.560. The number of nitrogens with one attached hydrogen (secondary N) is 1. The van der Waals surface area contributed by atoms with E-state index in [4.69, 9.17) is 11.1 Å². The van der Waals surface area contributed by atoms with E-state index in [9.17, 15) is 0 Å². The fraction of sp³-hybridized carbons (Fsp3) is 0.833. The molecule has 0 unspecified atom stereocenters. The van der Waals surface area contributed by atoms with Crippen LogP contribution in [0.5, 0.6) is 0 Å². The molecular formula is C6H13N3. The summed E-state index contributed by atoms with van der Waals surface area (Å²) in [6.07, 6.45) is 0.804. The van der Waals surface area contributed by atoms with Crippen molar-refractivity contribution in [2.75, 3.05) is 6.54 Å². The average molecular weight is 127 g/mol. The summed E-state index contributed by atoms with van der Waals surface area (Å²) in [5.74, 6) is 0. The molecule has 0 saturated heterocycles. The van der Waals surface area contributed by atoms with Crippen molar-refractivity contribution in [3.63, 3.8) is 0 Å². The molecule has 0 amide bonds. The Kier molecular flexibility index (Phi) is 3.13. The molecule has 0 aliphatic carbocycles. The molecule has 0 atom stereocenters. The van der Waals surface area contributed by atoms with Crippen LogP contribution in [-0.2, 0) is 0 Å². The fourth-order valence-corrected chi connectivity index (χ4v) is 0.560. The van der Waals surface area contributed by atoms with E-state index in [0.29, 0.717) is 6.54 Å². The highest BCUT2D eigenvalue weighted by molar-refractivity contribution is 5.37. The van der Waals surface area contributed by atoms with Crippen molar-refractivity contribution in [3.05, 3.63) is 0 Å². The lowest BCUT2D eigenvalue weighted by molar-refractivity contribution is 0.490. The first kappa shape index (κ1) is 8.34. The van der Waals surface area contributed by atoms with E-state index in [1.54, 1.807) is 0 Å². The van der Waals surface area contributed by atoms with Crippen molar-refractivity contribution >= 4 is 6.01 Å². The van der Waals surface area contributed by atoms with Crippen molar-refractivity contribution < 1.29 is 0 Å². The van der Waals surface area contributed by atoms with Gasteiger partial charge in [0, 0.05) is 0 Å². The van der Waals surface area contributed by atoms with Gasteiger partial charge in [-0.15, -0.1) is 0 Å².